The van der Waals surface area contributed by atoms with Gasteiger partial charge in [0.05, 0.1) is 62.6 Å². The van der Waals surface area contributed by atoms with Crippen molar-refractivity contribution in [2.24, 2.45) is 28.2 Å². The SMILES string of the molecule is CN1CCN(Cc2cccc(-c3ccc(-c4cc(C(=O)O)c5c(c4)ncn5C)cc3)c2)CC1.Cn1cnc2c(C(=O)O)cc(-c3ccc(-c4cccc(CN5CCCC5)c4)cc3)cc21.Cn1nc2cc(-c3c(F)c(F)c(-c4ccccc4)c(F)c3F)cc(C(=O)O)c2n1.Cn1nc2cc(-c3ccc(-c4cccc(CN5CCCCC5)c4)cc3)cc(C(=O)O)c2n1. The summed E-state index contributed by atoms with van der Waals surface area (Å²) in [5, 5.41) is 54.7. The van der Waals surface area contributed by atoms with Crippen molar-refractivity contribution in [3.8, 4) is 89.0 Å². The van der Waals surface area contributed by atoms with Gasteiger partial charge in [0.2, 0.25) is 0 Å². The summed E-state index contributed by atoms with van der Waals surface area (Å²) in [5.74, 6) is -10.8. The number of fused-ring (bicyclic) bond motifs is 4. The number of benzene rings is 12. The Hall–Kier alpha value is -14.2. The molecule has 4 aromatic heterocycles. The van der Waals surface area contributed by atoms with Crippen LogP contribution < -0.4 is 0 Å². The van der Waals surface area contributed by atoms with E-state index in [0.717, 1.165) is 118 Å². The fourth-order valence-electron chi connectivity index (χ4n) is 16.8. The average molecular weight is 1680 g/mol. The molecule has 0 atom stereocenters. The van der Waals surface area contributed by atoms with Crippen molar-refractivity contribution < 1.29 is 57.2 Å². The second-order valence-corrected chi connectivity index (χ2v) is 32.0. The molecular formula is C99H90F4N14O8. The molecule has 0 aliphatic carbocycles. The monoisotopic (exact) mass is 1680 g/mol. The number of likely N-dealkylation sites (N-methyl/N-ethyl adjacent to an activating group) is 1. The largest absolute Gasteiger partial charge is 0.478 e. The molecule has 3 fully saturated rings. The Balaban J connectivity index is 0.000000123. The normalized spacial score (nSPS) is 13.9. The van der Waals surface area contributed by atoms with Crippen LogP contribution in [-0.4, -0.2) is 172 Å². The van der Waals surface area contributed by atoms with Crippen LogP contribution in [0.5, 0.6) is 0 Å². The lowest BCUT2D eigenvalue weighted by atomic mass is 9.96. The molecule has 0 radical (unpaired) electrons. The number of rotatable bonds is 18. The highest BCUT2D eigenvalue weighted by Crippen LogP contribution is 2.40. The summed E-state index contributed by atoms with van der Waals surface area (Å²) in [6.45, 7) is 12.2. The molecule has 0 amide bonds. The predicted molar refractivity (Wildman–Crippen MR) is 476 cm³/mol. The van der Waals surface area contributed by atoms with Gasteiger partial charge in [-0.2, -0.15) is 30.0 Å². The number of piperidine rings is 1. The zero-order valence-electron chi connectivity index (χ0n) is 69.5. The van der Waals surface area contributed by atoms with Gasteiger partial charge in [-0.15, -0.1) is 0 Å². The molecule has 22 nitrogen and oxygen atoms in total. The average Bonchev–Trinajstić information content (AvgIpc) is 1.60. The minimum absolute atomic E-state index is 0.00847. The minimum atomic E-state index is -1.64. The van der Waals surface area contributed by atoms with Gasteiger partial charge in [0.1, 0.15) is 27.6 Å². The summed E-state index contributed by atoms with van der Waals surface area (Å²) in [5.41, 5.74) is 18.1. The summed E-state index contributed by atoms with van der Waals surface area (Å²) in [6, 6.07) is 71.3. The van der Waals surface area contributed by atoms with E-state index in [1.54, 1.807) is 48.5 Å². The van der Waals surface area contributed by atoms with Crippen LogP contribution in [0.15, 0.2) is 237 Å². The van der Waals surface area contributed by atoms with Gasteiger partial charge in [0.15, 0.2) is 23.3 Å². The Kier molecular flexibility index (Phi) is 24.9. The highest BCUT2D eigenvalue weighted by Gasteiger charge is 2.30. The highest BCUT2D eigenvalue weighted by molar-refractivity contribution is 6.06. The van der Waals surface area contributed by atoms with Crippen LogP contribution in [0.25, 0.3) is 133 Å². The molecule has 0 bridgehead atoms. The number of aromatic carboxylic acids is 4. The maximum atomic E-state index is 14.8. The van der Waals surface area contributed by atoms with Crippen LogP contribution in [0.2, 0.25) is 0 Å². The summed E-state index contributed by atoms with van der Waals surface area (Å²) < 4.78 is 62.7. The first kappa shape index (κ1) is 84.4. The van der Waals surface area contributed by atoms with Gasteiger partial charge in [-0.25, -0.2) is 46.7 Å². The van der Waals surface area contributed by atoms with E-state index in [9.17, 15) is 57.2 Å². The van der Waals surface area contributed by atoms with E-state index in [2.05, 4.69) is 190 Å². The number of hydrogen-bond donors (Lipinski definition) is 4. The van der Waals surface area contributed by atoms with Crippen LogP contribution in [-0.2, 0) is 47.8 Å². The van der Waals surface area contributed by atoms with Crippen LogP contribution >= 0.6 is 0 Å². The second-order valence-electron chi connectivity index (χ2n) is 32.0. The predicted octanol–water partition coefficient (Wildman–Crippen LogP) is 19.1. The molecule has 7 heterocycles. The third-order valence-corrected chi connectivity index (χ3v) is 23.2. The van der Waals surface area contributed by atoms with Gasteiger partial charge in [-0.1, -0.05) is 164 Å². The van der Waals surface area contributed by atoms with Gasteiger partial charge in [0, 0.05) is 74.0 Å². The standard InChI is InChI=1S/C27H28N4O2.C26H26N4O2.C26H25N3O2.C20H11F4N3O2/c1-29-10-12-31(13-11-29)17-19-4-3-5-22(14-19)20-6-8-21(9-7-20)23-15-24(27(32)33)26-25(16-23)28-18-30(26)2;1-29-27-24-16-22(15-23(26(31)32)25(24)28-29)20-10-8-19(9-11-20)21-7-5-6-18(14-21)17-30-12-3-2-4-13-30;1-28-17-27-25-23(26(30)31)14-22(15-24(25)28)20-9-7-19(8-10-20)21-6-4-5-18(13-21)16-29-11-2-3-12-29;1-27-25-12-8-10(7-11(20(28)29)19(12)26-27)14-17(23)15(21)13(16(22)18(14)24)9-5-3-2-4-6-9/h3-9,14-16,18H,10-13,17H2,1-2H3,(H,32,33);5-11,14-16H,2-4,12-13,17H2,1H3,(H,31,32);4-10,13-15,17H,2-3,11-12,16H2,1H3,(H,30,31);2-8H,1H3,(H,28,29). The summed E-state index contributed by atoms with van der Waals surface area (Å²) in [7, 11) is 9.00. The lowest BCUT2D eigenvalue weighted by molar-refractivity contribution is 0.0688. The van der Waals surface area contributed by atoms with Gasteiger partial charge in [-0.05, 0) is 220 Å². The molecule has 12 aromatic carbocycles. The maximum absolute atomic E-state index is 14.8. The molecule has 4 N–H and O–H groups in total. The van der Waals surface area contributed by atoms with Crippen molar-refractivity contribution in [3.05, 3.63) is 299 Å². The molecule has 0 saturated carbocycles. The van der Waals surface area contributed by atoms with Crippen LogP contribution in [0, 0.1) is 23.3 Å². The zero-order chi connectivity index (χ0) is 87.3. The fourth-order valence-corrected chi connectivity index (χ4v) is 16.8. The van der Waals surface area contributed by atoms with Gasteiger partial charge in [0.25, 0.3) is 0 Å². The molecule has 19 rings (SSSR count). The third kappa shape index (κ3) is 18.8. The molecule has 0 spiro atoms. The number of aromatic nitrogens is 10. The number of halogens is 4. The molecule has 3 aliphatic heterocycles. The molecule has 16 aromatic rings. The van der Waals surface area contributed by atoms with Gasteiger partial charge >= 0.3 is 23.9 Å². The Labute approximate surface area is 717 Å². The smallest absolute Gasteiger partial charge is 0.338 e. The maximum Gasteiger partial charge on any atom is 0.338 e. The van der Waals surface area contributed by atoms with E-state index >= 15 is 0 Å². The summed E-state index contributed by atoms with van der Waals surface area (Å²) >= 11 is 0. The highest BCUT2D eigenvalue weighted by atomic mass is 19.2. The quantitative estimate of drug-likeness (QED) is 0.0460. The number of hydrogen-bond acceptors (Lipinski definition) is 14. The first-order valence-electron chi connectivity index (χ1n) is 41.3. The molecular weight excluding hydrogens is 1590 g/mol. The number of likely N-dealkylation sites (tertiary alicyclic amines) is 2. The number of carbonyl (C=O) groups is 4. The number of piperazine rings is 1. The Morgan fingerprint density at radius 1 is 0.304 bits per heavy atom. The Bertz CT molecular complexity index is 6700. The van der Waals surface area contributed by atoms with Crippen molar-refractivity contribution in [2.75, 3.05) is 59.4 Å². The second kappa shape index (κ2) is 36.9. The first-order chi connectivity index (χ1) is 60.4. The van der Waals surface area contributed by atoms with E-state index < -0.39 is 63.8 Å². The lowest BCUT2D eigenvalue weighted by Gasteiger charge is -2.32. The summed E-state index contributed by atoms with van der Waals surface area (Å²) in [6.07, 6.45) is 9.85. The van der Waals surface area contributed by atoms with E-state index in [1.807, 2.05) is 49.0 Å². The van der Waals surface area contributed by atoms with E-state index in [4.69, 9.17) is 0 Å². The van der Waals surface area contributed by atoms with Crippen LogP contribution in [0.4, 0.5) is 17.6 Å². The molecule has 3 saturated heterocycles. The Morgan fingerprint density at radius 3 is 1.08 bits per heavy atom. The zero-order valence-corrected chi connectivity index (χ0v) is 69.5. The van der Waals surface area contributed by atoms with E-state index in [0.29, 0.717) is 27.6 Å². The fraction of sp³-hybridized carbons (Fsp3) is 0.212. The van der Waals surface area contributed by atoms with Crippen molar-refractivity contribution in [1.29, 1.82) is 0 Å². The summed E-state index contributed by atoms with van der Waals surface area (Å²) in [4.78, 5) is 67.9. The molecule has 0 unspecified atom stereocenters. The van der Waals surface area contributed by atoms with E-state index in [-0.39, 0.29) is 38.9 Å². The van der Waals surface area contributed by atoms with Gasteiger partial charge < -0.3 is 34.5 Å². The number of carboxylic acids is 4. The van der Waals surface area contributed by atoms with E-state index in [1.165, 1.54) is 128 Å². The van der Waals surface area contributed by atoms with Crippen molar-refractivity contribution >= 4 is 68.0 Å². The number of carboxylic acid groups (broad SMARTS) is 4. The van der Waals surface area contributed by atoms with Crippen molar-refractivity contribution in [3.63, 3.8) is 0 Å². The van der Waals surface area contributed by atoms with Gasteiger partial charge in [-0.3, -0.25) is 14.7 Å². The molecule has 125 heavy (non-hydrogen) atoms. The van der Waals surface area contributed by atoms with Crippen molar-refractivity contribution in [1.82, 2.24) is 68.7 Å². The topological polar surface area (TPSA) is 259 Å². The first-order valence-corrected chi connectivity index (χ1v) is 41.3. The molecule has 3 aliphatic rings. The molecule has 632 valence electrons. The van der Waals surface area contributed by atoms with Crippen LogP contribution in [0.1, 0.15) is 90.2 Å². The number of imidazole rings is 2. The van der Waals surface area contributed by atoms with Crippen molar-refractivity contribution in [2.45, 2.75) is 51.7 Å². The molecule has 26 heteroatoms. The third-order valence-electron chi connectivity index (χ3n) is 23.2. The number of nitrogens with zero attached hydrogens (tertiary/aromatic N) is 14. The van der Waals surface area contributed by atoms with Crippen LogP contribution in [0.3, 0.4) is 0 Å². The Morgan fingerprint density at radius 2 is 0.648 bits per heavy atom. The lowest BCUT2D eigenvalue weighted by Crippen LogP contribution is -2.43. The number of aryl methyl sites for hydroxylation is 4. The minimum Gasteiger partial charge on any atom is -0.478 e.